The SMILES string of the molecule is O=S1(=O)CC[C@@H](N(CCO)Cc2nnc(-c3ccco3)o2)C1. The third-order valence-electron chi connectivity index (χ3n) is 3.65. The normalized spacial score (nSPS) is 20.7. The van der Waals surface area contributed by atoms with Crippen LogP contribution >= 0.6 is 0 Å². The topological polar surface area (TPSA) is 110 Å². The van der Waals surface area contributed by atoms with Crippen LogP contribution in [-0.2, 0) is 16.4 Å². The van der Waals surface area contributed by atoms with Gasteiger partial charge in [0.05, 0.1) is 30.9 Å². The van der Waals surface area contributed by atoms with Crippen LogP contribution in [0.2, 0.25) is 0 Å². The Morgan fingerprint density at radius 1 is 1.41 bits per heavy atom. The highest BCUT2D eigenvalue weighted by atomic mass is 32.2. The molecule has 0 aliphatic carbocycles. The molecule has 0 amide bonds. The first kappa shape index (κ1) is 15.2. The van der Waals surface area contributed by atoms with Crippen molar-refractivity contribution >= 4 is 9.84 Å². The number of aliphatic hydroxyl groups is 1. The molecule has 2 aromatic heterocycles. The summed E-state index contributed by atoms with van der Waals surface area (Å²) in [7, 11) is -2.99. The number of sulfone groups is 1. The average molecular weight is 327 g/mol. The first-order valence-electron chi connectivity index (χ1n) is 6.99. The molecule has 1 saturated heterocycles. The Bertz CT molecular complexity index is 710. The van der Waals surface area contributed by atoms with E-state index in [9.17, 15) is 13.5 Å². The van der Waals surface area contributed by atoms with Gasteiger partial charge < -0.3 is 13.9 Å². The highest BCUT2D eigenvalue weighted by molar-refractivity contribution is 7.91. The fraction of sp³-hybridized carbons (Fsp3) is 0.538. The van der Waals surface area contributed by atoms with E-state index in [-0.39, 0.29) is 30.0 Å². The van der Waals surface area contributed by atoms with Gasteiger partial charge in [0.15, 0.2) is 15.6 Å². The van der Waals surface area contributed by atoms with Gasteiger partial charge in [0.2, 0.25) is 5.89 Å². The molecule has 120 valence electrons. The lowest BCUT2D eigenvalue weighted by molar-refractivity contribution is 0.142. The number of aliphatic hydroxyl groups excluding tert-OH is 1. The van der Waals surface area contributed by atoms with E-state index in [4.69, 9.17) is 8.83 Å². The fourth-order valence-corrected chi connectivity index (χ4v) is 4.34. The Labute approximate surface area is 127 Å². The number of furan rings is 1. The van der Waals surface area contributed by atoms with E-state index < -0.39 is 9.84 Å². The molecule has 0 saturated carbocycles. The van der Waals surface area contributed by atoms with Crippen molar-refractivity contribution in [1.82, 2.24) is 15.1 Å². The summed E-state index contributed by atoms with van der Waals surface area (Å²) in [5.74, 6) is 1.41. The minimum atomic E-state index is -2.99. The molecule has 0 unspecified atom stereocenters. The van der Waals surface area contributed by atoms with E-state index >= 15 is 0 Å². The molecule has 3 heterocycles. The maximum atomic E-state index is 11.6. The molecule has 0 spiro atoms. The van der Waals surface area contributed by atoms with Crippen LogP contribution in [0, 0.1) is 0 Å². The summed E-state index contributed by atoms with van der Waals surface area (Å²) in [5.41, 5.74) is 0. The van der Waals surface area contributed by atoms with E-state index in [1.54, 1.807) is 12.1 Å². The lowest BCUT2D eigenvalue weighted by Gasteiger charge is -2.25. The molecule has 1 N–H and O–H groups in total. The molecule has 9 heteroatoms. The van der Waals surface area contributed by atoms with E-state index in [2.05, 4.69) is 10.2 Å². The van der Waals surface area contributed by atoms with Crippen molar-refractivity contribution in [2.75, 3.05) is 24.7 Å². The zero-order valence-electron chi connectivity index (χ0n) is 11.9. The zero-order chi connectivity index (χ0) is 15.6. The number of nitrogens with zero attached hydrogens (tertiary/aromatic N) is 3. The molecular formula is C13H17N3O5S. The van der Waals surface area contributed by atoms with Crippen molar-refractivity contribution < 1.29 is 22.4 Å². The van der Waals surface area contributed by atoms with Crippen LogP contribution in [0.4, 0.5) is 0 Å². The van der Waals surface area contributed by atoms with Crippen LogP contribution in [0.3, 0.4) is 0 Å². The minimum absolute atomic E-state index is 0.0598. The van der Waals surface area contributed by atoms with Crippen molar-refractivity contribution in [3.63, 3.8) is 0 Å². The van der Waals surface area contributed by atoms with Gasteiger partial charge in [-0.15, -0.1) is 10.2 Å². The minimum Gasteiger partial charge on any atom is -0.459 e. The standard InChI is InChI=1S/C13H17N3O5S/c17-5-4-16(10-3-7-22(18,19)9-10)8-12-14-15-13(21-12)11-2-1-6-20-11/h1-2,6,10,17H,3-5,7-9H2/t10-/m1/s1. The number of aromatic nitrogens is 2. The van der Waals surface area contributed by atoms with Crippen molar-refractivity contribution in [3.8, 4) is 11.7 Å². The summed E-state index contributed by atoms with van der Waals surface area (Å²) in [4.78, 5) is 1.87. The number of hydrogen-bond acceptors (Lipinski definition) is 8. The van der Waals surface area contributed by atoms with Gasteiger partial charge in [0.25, 0.3) is 5.89 Å². The predicted molar refractivity (Wildman–Crippen MR) is 76.6 cm³/mol. The molecule has 8 nitrogen and oxygen atoms in total. The average Bonchev–Trinajstić information content (AvgIpc) is 3.17. The monoisotopic (exact) mass is 327 g/mol. The van der Waals surface area contributed by atoms with Crippen molar-refractivity contribution in [2.45, 2.75) is 19.0 Å². The smallest absolute Gasteiger partial charge is 0.283 e. The van der Waals surface area contributed by atoms with E-state index in [1.165, 1.54) is 6.26 Å². The zero-order valence-corrected chi connectivity index (χ0v) is 12.7. The van der Waals surface area contributed by atoms with Crippen LogP contribution in [0.5, 0.6) is 0 Å². The molecule has 0 radical (unpaired) electrons. The maximum absolute atomic E-state index is 11.6. The molecule has 1 atom stereocenters. The Morgan fingerprint density at radius 3 is 2.91 bits per heavy atom. The highest BCUT2D eigenvalue weighted by Crippen LogP contribution is 2.22. The Hall–Kier alpha value is -1.71. The lowest BCUT2D eigenvalue weighted by atomic mass is 10.2. The molecule has 22 heavy (non-hydrogen) atoms. The van der Waals surface area contributed by atoms with Gasteiger partial charge in [-0.05, 0) is 18.6 Å². The van der Waals surface area contributed by atoms with Crippen molar-refractivity contribution in [3.05, 3.63) is 24.3 Å². The Morgan fingerprint density at radius 2 is 2.27 bits per heavy atom. The molecule has 1 aliphatic heterocycles. The molecular weight excluding hydrogens is 310 g/mol. The lowest BCUT2D eigenvalue weighted by Crippen LogP contribution is -2.37. The van der Waals surface area contributed by atoms with Crippen LogP contribution in [0.15, 0.2) is 27.2 Å². The number of rotatable bonds is 6. The summed E-state index contributed by atoms with van der Waals surface area (Å²) in [6, 6.07) is 3.31. The summed E-state index contributed by atoms with van der Waals surface area (Å²) >= 11 is 0. The highest BCUT2D eigenvalue weighted by Gasteiger charge is 2.32. The Balaban J connectivity index is 1.71. The molecule has 0 bridgehead atoms. The third-order valence-corrected chi connectivity index (χ3v) is 5.40. The summed E-state index contributed by atoms with van der Waals surface area (Å²) in [6.45, 7) is 0.600. The molecule has 2 aromatic rings. The van der Waals surface area contributed by atoms with Crippen LogP contribution in [-0.4, -0.2) is 59.3 Å². The molecule has 0 aromatic carbocycles. The van der Waals surface area contributed by atoms with Gasteiger partial charge in [0, 0.05) is 12.6 Å². The van der Waals surface area contributed by atoms with Gasteiger partial charge in [-0.2, -0.15) is 0 Å². The molecule has 3 rings (SSSR count). The van der Waals surface area contributed by atoms with Gasteiger partial charge in [-0.25, -0.2) is 8.42 Å². The van der Waals surface area contributed by atoms with Gasteiger partial charge in [-0.3, -0.25) is 4.90 Å². The van der Waals surface area contributed by atoms with Crippen molar-refractivity contribution in [1.29, 1.82) is 0 Å². The molecule has 1 fully saturated rings. The summed E-state index contributed by atoms with van der Waals surface area (Å²) in [5, 5.41) is 17.0. The van der Waals surface area contributed by atoms with Crippen LogP contribution < -0.4 is 0 Å². The summed E-state index contributed by atoms with van der Waals surface area (Å²) in [6.07, 6.45) is 2.07. The second kappa shape index (κ2) is 6.19. The third kappa shape index (κ3) is 3.37. The second-order valence-electron chi connectivity index (χ2n) is 5.23. The summed E-state index contributed by atoms with van der Waals surface area (Å²) < 4.78 is 33.9. The largest absolute Gasteiger partial charge is 0.459 e. The molecule has 1 aliphatic rings. The van der Waals surface area contributed by atoms with Crippen LogP contribution in [0.25, 0.3) is 11.7 Å². The predicted octanol–water partition coefficient (Wildman–Crippen LogP) is 0.311. The van der Waals surface area contributed by atoms with E-state index in [1.807, 2.05) is 4.90 Å². The van der Waals surface area contributed by atoms with E-state index in [0.717, 1.165) is 0 Å². The van der Waals surface area contributed by atoms with Gasteiger partial charge >= 0.3 is 0 Å². The van der Waals surface area contributed by atoms with E-state index in [0.29, 0.717) is 31.2 Å². The fourth-order valence-electron chi connectivity index (χ4n) is 2.57. The van der Waals surface area contributed by atoms with Gasteiger partial charge in [0.1, 0.15) is 0 Å². The quantitative estimate of drug-likeness (QED) is 0.807. The van der Waals surface area contributed by atoms with Crippen molar-refractivity contribution in [2.24, 2.45) is 0 Å². The maximum Gasteiger partial charge on any atom is 0.283 e. The van der Waals surface area contributed by atoms with Crippen LogP contribution in [0.1, 0.15) is 12.3 Å². The first-order valence-corrected chi connectivity index (χ1v) is 8.81. The Kier molecular flexibility index (Phi) is 4.27. The second-order valence-corrected chi connectivity index (χ2v) is 7.46. The van der Waals surface area contributed by atoms with Gasteiger partial charge in [-0.1, -0.05) is 0 Å². The number of hydrogen-bond donors (Lipinski definition) is 1. The first-order chi connectivity index (χ1) is 10.6.